The molecule has 5 rings (SSSR count). The lowest BCUT2D eigenvalue weighted by Crippen LogP contribution is -2.57. The Morgan fingerprint density at radius 1 is 0.903 bits per heavy atom. The molecule has 1 N–H and O–H groups in total. The van der Waals surface area contributed by atoms with E-state index in [9.17, 15) is 0 Å². The molecule has 1 aliphatic carbocycles. The van der Waals surface area contributed by atoms with Crippen LogP contribution in [0.15, 0.2) is 11.1 Å². The summed E-state index contributed by atoms with van der Waals surface area (Å²) in [6, 6.07) is 4.05. The summed E-state index contributed by atoms with van der Waals surface area (Å²) in [6.45, 7) is 7.62. The molecule has 3 nitrogen and oxygen atoms in total. The second-order valence-electron chi connectivity index (χ2n) is 12.3. The zero-order chi connectivity index (χ0) is 21.4. The van der Waals surface area contributed by atoms with Gasteiger partial charge in [-0.3, -0.25) is 9.80 Å². The normalized spacial score (nSPS) is 42.9. The number of nitrogens with zero attached hydrogens (tertiary/aromatic N) is 2. The van der Waals surface area contributed by atoms with Gasteiger partial charge in [0, 0.05) is 30.2 Å². The highest BCUT2D eigenvalue weighted by Crippen LogP contribution is 2.44. The molecule has 4 heterocycles. The van der Waals surface area contributed by atoms with Crippen LogP contribution < -0.4 is 5.32 Å². The highest BCUT2D eigenvalue weighted by atomic mass is 15.2. The number of rotatable bonds is 4. The van der Waals surface area contributed by atoms with Gasteiger partial charge in [-0.15, -0.1) is 0 Å². The zero-order valence-electron chi connectivity index (χ0n) is 20.7. The van der Waals surface area contributed by atoms with Gasteiger partial charge in [-0.05, 0) is 109 Å². The minimum absolute atomic E-state index is 0.760. The van der Waals surface area contributed by atoms with E-state index >= 15 is 0 Å². The van der Waals surface area contributed by atoms with E-state index < -0.39 is 0 Å². The van der Waals surface area contributed by atoms with Crippen molar-refractivity contribution in [2.45, 2.75) is 134 Å². The van der Waals surface area contributed by atoms with Crippen LogP contribution in [-0.2, 0) is 0 Å². The molecule has 0 radical (unpaired) electrons. The number of hydrogen-bond acceptors (Lipinski definition) is 3. The quantitative estimate of drug-likeness (QED) is 0.576. The molecule has 3 heteroatoms. The maximum absolute atomic E-state index is 3.88. The Kier molecular flexibility index (Phi) is 7.12. The lowest BCUT2D eigenvalue weighted by Gasteiger charge is -2.53. The van der Waals surface area contributed by atoms with Crippen LogP contribution >= 0.6 is 0 Å². The first-order chi connectivity index (χ1) is 15.1. The maximum Gasteiger partial charge on any atom is 0.0309 e. The number of piperidine rings is 4. The van der Waals surface area contributed by atoms with Gasteiger partial charge < -0.3 is 5.32 Å². The molecule has 31 heavy (non-hydrogen) atoms. The Morgan fingerprint density at radius 2 is 1.81 bits per heavy atom. The molecular weight excluding hydrogens is 378 g/mol. The topological polar surface area (TPSA) is 18.5 Å². The van der Waals surface area contributed by atoms with Gasteiger partial charge >= 0.3 is 0 Å². The fourth-order valence-electron chi connectivity index (χ4n) is 8.40. The predicted molar refractivity (Wildman–Crippen MR) is 131 cm³/mol. The largest absolute Gasteiger partial charge is 0.314 e. The summed E-state index contributed by atoms with van der Waals surface area (Å²) in [4.78, 5) is 5.80. The highest BCUT2D eigenvalue weighted by Gasteiger charge is 2.42. The molecule has 0 aromatic heterocycles. The SMILES string of the molecule is C[C@H]1C[C@@H]2CCC[C@@H](CC3=C4CCCN(C)[C@H]4C[C@@H](C)C3)N2[C@@H](CC2CCCCN2)C1. The predicted octanol–water partition coefficient (Wildman–Crippen LogP) is 5.75. The summed E-state index contributed by atoms with van der Waals surface area (Å²) in [7, 11) is 2.38. The maximum atomic E-state index is 3.88. The molecule has 4 fully saturated rings. The van der Waals surface area contributed by atoms with Crippen molar-refractivity contribution >= 4 is 0 Å². The van der Waals surface area contributed by atoms with Crippen molar-refractivity contribution < 1.29 is 0 Å². The van der Waals surface area contributed by atoms with Crippen molar-refractivity contribution in [3.05, 3.63) is 11.1 Å². The monoisotopic (exact) mass is 427 g/mol. The highest BCUT2D eigenvalue weighted by molar-refractivity contribution is 5.27. The summed E-state index contributed by atoms with van der Waals surface area (Å²) in [5, 5.41) is 3.88. The van der Waals surface area contributed by atoms with Crippen LogP contribution in [0, 0.1) is 11.8 Å². The first-order valence-corrected chi connectivity index (χ1v) is 14.0. The minimum atomic E-state index is 0.760. The van der Waals surface area contributed by atoms with Gasteiger partial charge in [0.1, 0.15) is 0 Å². The standard InChI is InChI=1S/C28H49N3/c1-20-14-22(27-11-7-13-30(3)28(27)17-20)18-25-10-6-9-24-15-21(2)16-26(31(24)25)19-23-8-4-5-12-29-23/h20-21,23-26,28-29H,4-19H2,1-3H3/t20-,21-,23?,24-,25-,26+,28-/m0/s1. The Bertz CT molecular complexity index is 636. The molecule has 0 bridgehead atoms. The third-order valence-corrected chi connectivity index (χ3v) is 9.71. The average Bonchev–Trinajstić information content (AvgIpc) is 2.75. The van der Waals surface area contributed by atoms with Crippen LogP contribution in [0.4, 0.5) is 0 Å². The third kappa shape index (κ3) is 4.94. The van der Waals surface area contributed by atoms with Crippen molar-refractivity contribution in [1.29, 1.82) is 0 Å². The van der Waals surface area contributed by atoms with Gasteiger partial charge in [0.15, 0.2) is 0 Å². The number of hydrogen-bond donors (Lipinski definition) is 1. The Hall–Kier alpha value is -0.380. The van der Waals surface area contributed by atoms with Crippen molar-refractivity contribution in [2.75, 3.05) is 20.1 Å². The van der Waals surface area contributed by atoms with Crippen LogP contribution in [0.2, 0.25) is 0 Å². The Balaban J connectivity index is 1.36. The molecule has 4 saturated heterocycles. The van der Waals surface area contributed by atoms with Crippen LogP contribution in [0.1, 0.15) is 104 Å². The van der Waals surface area contributed by atoms with Gasteiger partial charge in [-0.1, -0.05) is 37.8 Å². The van der Waals surface area contributed by atoms with Gasteiger partial charge in [-0.2, -0.15) is 0 Å². The number of likely N-dealkylation sites (tertiary alicyclic amines) is 1. The van der Waals surface area contributed by atoms with E-state index in [4.69, 9.17) is 0 Å². The lowest BCUT2D eigenvalue weighted by molar-refractivity contribution is -0.0220. The first kappa shape index (κ1) is 22.4. The lowest BCUT2D eigenvalue weighted by atomic mass is 9.73. The number of fused-ring (bicyclic) bond motifs is 2. The molecule has 5 aliphatic rings. The van der Waals surface area contributed by atoms with Gasteiger partial charge in [0.25, 0.3) is 0 Å². The second kappa shape index (κ2) is 9.85. The van der Waals surface area contributed by atoms with E-state index in [1.54, 1.807) is 0 Å². The molecular formula is C28H49N3. The summed E-state index contributed by atoms with van der Waals surface area (Å²) in [5.74, 6) is 1.79. The number of likely N-dealkylation sites (N-methyl/N-ethyl adjacent to an activating group) is 1. The summed E-state index contributed by atoms with van der Waals surface area (Å²) in [6.07, 6.45) is 19.9. The Morgan fingerprint density at radius 3 is 2.65 bits per heavy atom. The second-order valence-corrected chi connectivity index (χ2v) is 12.3. The minimum Gasteiger partial charge on any atom is -0.314 e. The van der Waals surface area contributed by atoms with E-state index in [-0.39, 0.29) is 0 Å². The zero-order valence-corrected chi connectivity index (χ0v) is 20.7. The molecule has 176 valence electrons. The van der Waals surface area contributed by atoms with Crippen LogP contribution in [0.3, 0.4) is 0 Å². The van der Waals surface area contributed by atoms with Gasteiger partial charge in [0.2, 0.25) is 0 Å². The van der Waals surface area contributed by atoms with Gasteiger partial charge in [0.05, 0.1) is 0 Å². The summed E-state index contributed by atoms with van der Waals surface area (Å²) >= 11 is 0. The fraction of sp³-hybridized carbons (Fsp3) is 0.929. The summed E-state index contributed by atoms with van der Waals surface area (Å²) in [5.41, 5.74) is 3.78. The van der Waals surface area contributed by atoms with E-state index in [0.29, 0.717) is 0 Å². The van der Waals surface area contributed by atoms with E-state index in [1.807, 2.05) is 11.1 Å². The van der Waals surface area contributed by atoms with Crippen molar-refractivity contribution in [3.63, 3.8) is 0 Å². The molecule has 7 atom stereocenters. The van der Waals surface area contributed by atoms with Crippen LogP contribution in [0.25, 0.3) is 0 Å². The van der Waals surface area contributed by atoms with Gasteiger partial charge in [-0.25, -0.2) is 0 Å². The Labute approximate surface area is 192 Å². The average molecular weight is 428 g/mol. The molecule has 4 aliphatic heterocycles. The molecule has 0 amide bonds. The first-order valence-electron chi connectivity index (χ1n) is 14.0. The van der Waals surface area contributed by atoms with Crippen molar-refractivity contribution in [2.24, 2.45) is 11.8 Å². The van der Waals surface area contributed by atoms with Crippen LogP contribution in [-0.4, -0.2) is 60.1 Å². The molecule has 1 unspecified atom stereocenters. The number of nitrogens with one attached hydrogen (secondary N) is 1. The third-order valence-electron chi connectivity index (χ3n) is 9.71. The van der Waals surface area contributed by atoms with E-state index in [1.165, 1.54) is 103 Å². The molecule has 0 aromatic rings. The smallest absolute Gasteiger partial charge is 0.0309 e. The van der Waals surface area contributed by atoms with Crippen molar-refractivity contribution in [1.82, 2.24) is 15.1 Å². The van der Waals surface area contributed by atoms with Crippen LogP contribution in [0.5, 0.6) is 0 Å². The van der Waals surface area contributed by atoms with E-state index in [2.05, 4.69) is 36.0 Å². The molecule has 0 spiro atoms. The van der Waals surface area contributed by atoms with Crippen molar-refractivity contribution in [3.8, 4) is 0 Å². The molecule has 0 saturated carbocycles. The fourth-order valence-corrected chi connectivity index (χ4v) is 8.40. The summed E-state index contributed by atoms with van der Waals surface area (Å²) < 4.78 is 0. The van der Waals surface area contributed by atoms with E-state index in [0.717, 1.165) is 42.0 Å². The molecule has 0 aromatic carbocycles.